The summed E-state index contributed by atoms with van der Waals surface area (Å²) in [6.07, 6.45) is 1.68. The molecule has 0 unspecified atom stereocenters. The molecule has 1 amide bonds. The Hall–Kier alpha value is -1.88. The lowest BCUT2D eigenvalue weighted by Gasteiger charge is -2.08. The molecule has 1 aromatic heterocycles. The summed E-state index contributed by atoms with van der Waals surface area (Å²) in [7, 11) is 0. The molecular formula is C14H15N3OS. The molecule has 1 aromatic carbocycles. The van der Waals surface area contributed by atoms with E-state index in [0.29, 0.717) is 17.9 Å². The van der Waals surface area contributed by atoms with Gasteiger partial charge in [0.1, 0.15) is 5.82 Å². The van der Waals surface area contributed by atoms with Crippen molar-refractivity contribution >= 4 is 18.5 Å². The van der Waals surface area contributed by atoms with Gasteiger partial charge in [-0.25, -0.2) is 9.97 Å². The van der Waals surface area contributed by atoms with Crippen molar-refractivity contribution in [2.45, 2.75) is 25.3 Å². The van der Waals surface area contributed by atoms with E-state index >= 15 is 0 Å². The van der Waals surface area contributed by atoms with E-state index in [9.17, 15) is 4.79 Å². The van der Waals surface area contributed by atoms with Gasteiger partial charge in [0.2, 0.25) is 0 Å². The molecule has 0 radical (unpaired) electrons. The maximum absolute atomic E-state index is 12.1. The van der Waals surface area contributed by atoms with E-state index in [1.54, 1.807) is 18.3 Å². The molecule has 0 saturated heterocycles. The predicted octanol–water partition coefficient (Wildman–Crippen LogP) is 2.31. The molecule has 19 heavy (non-hydrogen) atoms. The molecule has 2 aromatic rings. The number of hydrogen-bond acceptors (Lipinski definition) is 4. The zero-order chi connectivity index (χ0) is 13.8. The van der Waals surface area contributed by atoms with Gasteiger partial charge in [0.15, 0.2) is 0 Å². The van der Waals surface area contributed by atoms with E-state index in [-0.39, 0.29) is 5.91 Å². The average Bonchev–Trinajstić information content (AvgIpc) is 2.39. The summed E-state index contributed by atoms with van der Waals surface area (Å²) in [5, 5.41) is 2.85. The van der Waals surface area contributed by atoms with E-state index in [0.717, 1.165) is 16.2 Å². The van der Waals surface area contributed by atoms with Gasteiger partial charge in [0.05, 0.1) is 12.2 Å². The van der Waals surface area contributed by atoms with E-state index in [1.165, 1.54) is 0 Å². The molecule has 2 rings (SSSR count). The molecule has 0 atom stereocenters. The van der Waals surface area contributed by atoms with Crippen LogP contribution in [0.4, 0.5) is 0 Å². The first-order valence-corrected chi connectivity index (χ1v) is 6.37. The SMILES string of the molecule is Cc1nccc(CNC(=O)c2cc(S)ccc2C)n1. The Kier molecular flexibility index (Phi) is 4.16. The molecular weight excluding hydrogens is 258 g/mol. The number of nitrogens with zero attached hydrogens (tertiary/aromatic N) is 2. The topological polar surface area (TPSA) is 54.9 Å². The van der Waals surface area contributed by atoms with Crippen molar-refractivity contribution in [2.24, 2.45) is 0 Å². The highest BCUT2D eigenvalue weighted by Gasteiger charge is 2.09. The number of nitrogens with one attached hydrogen (secondary N) is 1. The molecule has 4 nitrogen and oxygen atoms in total. The van der Waals surface area contributed by atoms with Crippen molar-refractivity contribution in [3.05, 3.63) is 53.1 Å². The maximum Gasteiger partial charge on any atom is 0.251 e. The molecule has 98 valence electrons. The Balaban J connectivity index is 2.07. The fourth-order valence-corrected chi connectivity index (χ4v) is 1.93. The van der Waals surface area contributed by atoms with Gasteiger partial charge in [-0.2, -0.15) is 0 Å². The fourth-order valence-electron chi connectivity index (χ4n) is 1.72. The molecule has 5 heteroatoms. The average molecular weight is 273 g/mol. The molecule has 1 heterocycles. The van der Waals surface area contributed by atoms with Gasteiger partial charge in [-0.05, 0) is 37.6 Å². The number of rotatable bonds is 3. The van der Waals surface area contributed by atoms with E-state index in [2.05, 4.69) is 27.9 Å². The van der Waals surface area contributed by atoms with Crippen LogP contribution in [0.3, 0.4) is 0 Å². The Bertz CT molecular complexity index is 613. The third-order valence-corrected chi connectivity index (χ3v) is 3.01. The number of carbonyl (C=O) groups is 1. The maximum atomic E-state index is 12.1. The molecule has 0 aliphatic rings. The third kappa shape index (κ3) is 3.54. The lowest BCUT2D eigenvalue weighted by molar-refractivity contribution is 0.0949. The lowest BCUT2D eigenvalue weighted by atomic mass is 10.1. The number of hydrogen-bond donors (Lipinski definition) is 2. The first kappa shape index (κ1) is 13.5. The highest BCUT2D eigenvalue weighted by molar-refractivity contribution is 7.80. The van der Waals surface area contributed by atoms with E-state index < -0.39 is 0 Å². The monoisotopic (exact) mass is 273 g/mol. The van der Waals surface area contributed by atoms with Gasteiger partial charge in [-0.1, -0.05) is 6.07 Å². The summed E-state index contributed by atoms with van der Waals surface area (Å²) in [4.78, 5) is 21.1. The van der Waals surface area contributed by atoms with Crippen molar-refractivity contribution in [3.8, 4) is 0 Å². The molecule has 0 bridgehead atoms. The minimum absolute atomic E-state index is 0.121. The summed E-state index contributed by atoms with van der Waals surface area (Å²) in [6, 6.07) is 7.29. The van der Waals surface area contributed by atoms with Gasteiger partial charge in [-0.15, -0.1) is 12.6 Å². The van der Waals surface area contributed by atoms with Crippen molar-refractivity contribution in [1.29, 1.82) is 0 Å². The van der Waals surface area contributed by atoms with Crippen LogP contribution in [0.15, 0.2) is 35.4 Å². The summed E-state index contributed by atoms with van der Waals surface area (Å²) in [6.45, 7) is 4.11. The second-order valence-corrected chi connectivity index (χ2v) is 4.79. The minimum atomic E-state index is -0.121. The van der Waals surface area contributed by atoms with Crippen molar-refractivity contribution in [1.82, 2.24) is 15.3 Å². The highest BCUT2D eigenvalue weighted by Crippen LogP contribution is 2.14. The van der Waals surface area contributed by atoms with Crippen molar-refractivity contribution in [3.63, 3.8) is 0 Å². The zero-order valence-corrected chi connectivity index (χ0v) is 11.7. The van der Waals surface area contributed by atoms with Gasteiger partial charge >= 0.3 is 0 Å². The normalized spacial score (nSPS) is 10.3. The Morgan fingerprint density at radius 3 is 2.84 bits per heavy atom. The van der Waals surface area contributed by atoms with Gasteiger partial charge < -0.3 is 5.32 Å². The summed E-state index contributed by atoms with van der Waals surface area (Å²) >= 11 is 4.25. The van der Waals surface area contributed by atoms with Crippen LogP contribution >= 0.6 is 12.6 Å². The Morgan fingerprint density at radius 2 is 2.11 bits per heavy atom. The molecule has 0 aliphatic carbocycles. The largest absolute Gasteiger partial charge is 0.346 e. The van der Waals surface area contributed by atoms with Crippen LogP contribution in [0, 0.1) is 13.8 Å². The van der Waals surface area contributed by atoms with Crippen LogP contribution in [0.2, 0.25) is 0 Å². The Morgan fingerprint density at radius 1 is 1.32 bits per heavy atom. The molecule has 0 aliphatic heterocycles. The predicted molar refractivity (Wildman–Crippen MR) is 76.4 cm³/mol. The molecule has 0 fully saturated rings. The van der Waals surface area contributed by atoms with Crippen LogP contribution in [0.25, 0.3) is 0 Å². The number of amides is 1. The first-order valence-electron chi connectivity index (χ1n) is 5.92. The lowest BCUT2D eigenvalue weighted by Crippen LogP contribution is -2.24. The second-order valence-electron chi connectivity index (χ2n) is 4.28. The van der Waals surface area contributed by atoms with Crippen LogP contribution < -0.4 is 5.32 Å². The third-order valence-electron chi connectivity index (χ3n) is 2.73. The number of carbonyl (C=O) groups excluding carboxylic acids is 1. The summed E-state index contributed by atoms with van der Waals surface area (Å²) in [5.41, 5.74) is 2.35. The highest BCUT2D eigenvalue weighted by atomic mass is 32.1. The number of thiol groups is 1. The van der Waals surface area contributed by atoms with Gasteiger partial charge in [-0.3, -0.25) is 4.79 Å². The van der Waals surface area contributed by atoms with E-state index in [1.807, 2.05) is 26.0 Å². The number of aromatic nitrogens is 2. The fraction of sp³-hybridized carbons (Fsp3) is 0.214. The van der Waals surface area contributed by atoms with Crippen molar-refractivity contribution < 1.29 is 4.79 Å². The number of aryl methyl sites for hydroxylation is 2. The van der Waals surface area contributed by atoms with Gasteiger partial charge in [0.25, 0.3) is 5.91 Å². The van der Waals surface area contributed by atoms with Crippen molar-refractivity contribution in [2.75, 3.05) is 0 Å². The molecule has 0 saturated carbocycles. The smallest absolute Gasteiger partial charge is 0.251 e. The van der Waals surface area contributed by atoms with Crippen LogP contribution in [0.5, 0.6) is 0 Å². The van der Waals surface area contributed by atoms with Crippen LogP contribution in [0.1, 0.15) is 27.4 Å². The summed E-state index contributed by atoms with van der Waals surface area (Å²) in [5.74, 6) is 0.574. The quantitative estimate of drug-likeness (QED) is 0.844. The van der Waals surface area contributed by atoms with Crippen LogP contribution in [-0.4, -0.2) is 15.9 Å². The standard InChI is InChI=1S/C14H15N3OS/c1-9-3-4-12(19)7-13(9)14(18)16-8-11-5-6-15-10(2)17-11/h3-7,19H,8H2,1-2H3,(H,16,18). The van der Waals surface area contributed by atoms with Crippen LogP contribution in [-0.2, 0) is 6.54 Å². The van der Waals surface area contributed by atoms with E-state index in [4.69, 9.17) is 0 Å². The zero-order valence-electron chi connectivity index (χ0n) is 10.8. The molecule has 1 N–H and O–H groups in total. The number of benzene rings is 1. The Labute approximate surface area is 117 Å². The first-order chi connectivity index (χ1) is 9.06. The second kappa shape index (κ2) is 5.84. The summed E-state index contributed by atoms with van der Waals surface area (Å²) < 4.78 is 0. The van der Waals surface area contributed by atoms with Gasteiger partial charge in [0, 0.05) is 16.7 Å². The molecule has 0 spiro atoms. The minimum Gasteiger partial charge on any atom is -0.346 e.